The first kappa shape index (κ1) is 20.1. The van der Waals surface area contributed by atoms with Crippen LogP contribution >= 0.6 is 0 Å². The maximum Gasteiger partial charge on any atom is 0.328 e. The van der Waals surface area contributed by atoms with Gasteiger partial charge in [-0.3, -0.25) is 0 Å². The van der Waals surface area contributed by atoms with Crippen molar-refractivity contribution in [1.29, 1.82) is 0 Å². The molecule has 2 aliphatic carbocycles. The van der Waals surface area contributed by atoms with Crippen molar-refractivity contribution >= 4 is 12.0 Å². The number of hydrogen-bond acceptors (Lipinski definition) is 3. The molecule has 2 fully saturated rings. The van der Waals surface area contributed by atoms with E-state index in [-0.39, 0.29) is 12.0 Å². The molecule has 0 bridgehead atoms. The van der Waals surface area contributed by atoms with Gasteiger partial charge in [0, 0.05) is 12.1 Å². The number of nitrogens with one attached hydrogen (secondary N) is 1. The lowest BCUT2D eigenvalue weighted by atomic mass is 9.89. The van der Waals surface area contributed by atoms with Crippen LogP contribution in [-0.2, 0) is 9.53 Å². The van der Waals surface area contributed by atoms with Crippen LogP contribution in [0.3, 0.4) is 0 Å². The number of carbonyl (C=O) groups is 2. The zero-order valence-corrected chi connectivity index (χ0v) is 16.3. The largest absolute Gasteiger partial charge is 0.467 e. The number of methoxy groups -OCH3 is 1. The van der Waals surface area contributed by atoms with E-state index in [4.69, 9.17) is 4.74 Å². The van der Waals surface area contributed by atoms with Crippen LogP contribution in [0.4, 0.5) is 4.79 Å². The second-order valence-electron chi connectivity index (χ2n) is 8.15. The number of rotatable bonds is 6. The second kappa shape index (κ2) is 10.0. The minimum absolute atomic E-state index is 0.0603. The average molecular weight is 353 g/mol. The molecule has 144 valence electrons. The maximum atomic E-state index is 13.2. The SMILES string of the molecule is COC(=O)C(CC(C)C)NC(=O)N(C1CCCCC1)C1CCCCC1. The Bertz CT molecular complexity index is 409. The molecule has 2 rings (SSSR count). The Morgan fingerprint density at radius 3 is 1.84 bits per heavy atom. The topological polar surface area (TPSA) is 58.6 Å². The van der Waals surface area contributed by atoms with Crippen LogP contribution in [0.25, 0.3) is 0 Å². The summed E-state index contributed by atoms with van der Waals surface area (Å²) in [5.41, 5.74) is 0. The molecule has 5 heteroatoms. The van der Waals surface area contributed by atoms with Crippen molar-refractivity contribution in [3.05, 3.63) is 0 Å². The van der Waals surface area contributed by atoms with Gasteiger partial charge in [0.05, 0.1) is 7.11 Å². The minimum atomic E-state index is -0.549. The van der Waals surface area contributed by atoms with Crippen LogP contribution in [0.5, 0.6) is 0 Å². The molecule has 2 amide bonds. The Morgan fingerprint density at radius 1 is 0.960 bits per heavy atom. The summed E-state index contributed by atoms with van der Waals surface area (Å²) in [5, 5.41) is 3.01. The van der Waals surface area contributed by atoms with Gasteiger partial charge in [-0.05, 0) is 38.0 Å². The third-order valence-electron chi connectivity index (χ3n) is 5.66. The molecule has 0 aromatic rings. The number of urea groups is 1. The Labute approximate surface area is 152 Å². The van der Waals surface area contributed by atoms with Gasteiger partial charge in [-0.2, -0.15) is 0 Å². The first-order valence-electron chi connectivity index (χ1n) is 10.2. The summed E-state index contributed by atoms with van der Waals surface area (Å²) in [4.78, 5) is 27.4. The molecule has 0 spiro atoms. The van der Waals surface area contributed by atoms with Crippen LogP contribution in [-0.4, -0.2) is 42.1 Å². The summed E-state index contributed by atoms with van der Waals surface area (Å²) in [5.74, 6) is -0.0171. The van der Waals surface area contributed by atoms with Gasteiger partial charge in [0.15, 0.2) is 0 Å². The van der Waals surface area contributed by atoms with Gasteiger partial charge in [0.25, 0.3) is 0 Å². The molecule has 0 heterocycles. The van der Waals surface area contributed by atoms with E-state index in [1.54, 1.807) is 0 Å². The van der Waals surface area contributed by atoms with E-state index in [0.29, 0.717) is 24.4 Å². The smallest absolute Gasteiger partial charge is 0.328 e. The molecule has 1 N–H and O–H groups in total. The molecule has 0 saturated heterocycles. The van der Waals surface area contributed by atoms with Crippen molar-refractivity contribution in [2.45, 2.75) is 103 Å². The van der Waals surface area contributed by atoms with Gasteiger partial charge in [0.1, 0.15) is 6.04 Å². The number of carbonyl (C=O) groups excluding carboxylic acids is 2. The van der Waals surface area contributed by atoms with Crippen LogP contribution < -0.4 is 5.32 Å². The predicted octanol–water partition coefficient (Wildman–Crippen LogP) is 4.25. The molecule has 25 heavy (non-hydrogen) atoms. The first-order valence-corrected chi connectivity index (χ1v) is 10.2. The zero-order valence-electron chi connectivity index (χ0n) is 16.3. The van der Waals surface area contributed by atoms with Crippen molar-refractivity contribution in [2.75, 3.05) is 7.11 Å². The number of ether oxygens (including phenoxy) is 1. The van der Waals surface area contributed by atoms with E-state index in [1.807, 2.05) is 0 Å². The van der Waals surface area contributed by atoms with Crippen molar-refractivity contribution in [2.24, 2.45) is 5.92 Å². The van der Waals surface area contributed by atoms with Gasteiger partial charge >= 0.3 is 12.0 Å². The van der Waals surface area contributed by atoms with Gasteiger partial charge in [-0.15, -0.1) is 0 Å². The van der Waals surface area contributed by atoms with E-state index in [9.17, 15) is 9.59 Å². The fourth-order valence-electron chi connectivity index (χ4n) is 4.40. The molecule has 1 unspecified atom stereocenters. The van der Waals surface area contributed by atoms with Gasteiger partial charge in [0.2, 0.25) is 0 Å². The monoisotopic (exact) mass is 352 g/mol. The van der Waals surface area contributed by atoms with Crippen LogP contribution in [0.15, 0.2) is 0 Å². The normalized spacial score (nSPS) is 21.0. The van der Waals surface area contributed by atoms with Crippen molar-refractivity contribution in [3.8, 4) is 0 Å². The lowest BCUT2D eigenvalue weighted by Crippen LogP contribution is -2.56. The lowest BCUT2D eigenvalue weighted by Gasteiger charge is -2.42. The Morgan fingerprint density at radius 2 is 1.44 bits per heavy atom. The summed E-state index contributed by atoms with van der Waals surface area (Å²) < 4.78 is 4.91. The fourth-order valence-corrected chi connectivity index (χ4v) is 4.40. The van der Waals surface area contributed by atoms with Gasteiger partial charge < -0.3 is 15.0 Å². The zero-order chi connectivity index (χ0) is 18.2. The van der Waals surface area contributed by atoms with Gasteiger partial charge in [-0.1, -0.05) is 52.4 Å². The second-order valence-corrected chi connectivity index (χ2v) is 8.15. The standard InChI is InChI=1S/C20H36N2O3/c1-15(2)14-18(19(23)25-3)21-20(24)22(16-10-6-4-7-11-16)17-12-8-5-9-13-17/h15-18H,4-14H2,1-3H3,(H,21,24). The fraction of sp³-hybridized carbons (Fsp3) is 0.900. The Kier molecular flexibility index (Phi) is 8.04. The molecular formula is C20H36N2O3. The highest BCUT2D eigenvalue weighted by Gasteiger charge is 2.34. The number of nitrogens with zero attached hydrogens (tertiary/aromatic N) is 1. The van der Waals surface area contributed by atoms with Crippen molar-refractivity contribution < 1.29 is 14.3 Å². The average Bonchev–Trinajstić information content (AvgIpc) is 2.62. The highest BCUT2D eigenvalue weighted by atomic mass is 16.5. The molecule has 2 saturated carbocycles. The van der Waals surface area contributed by atoms with Crippen molar-refractivity contribution in [1.82, 2.24) is 10.2 Å². The molecule has 0 aromatic heterocycles. The maximum absolute atomic E-state index is 13.2. The van der Waals surface area contributed by atoms with Gasteiger partial charge in [-0.25, -0.2) is 9.59 Å². The summed E-state index contributed by atoms with van der Waals surface area (Å²) in [6.45, 7) is 4.12. The molecular weight excluding hydrogens is 316 g/mol. The third-order valence-corrected chi connectivity index (χ3v) is 5.66. The molecule has 0 radical (unpaired) electrons. The van der Waals surface area contributed by atoms with Crippen LogP contribution in [0.1, 0.15) is 84.5 Å². The Balaban J connectivity index is 2.10. The summed E-state index contributed by atoms with van der Waals surface area (Å²) in [6, 6.07) is 0.0467. The molecule has 0 aliphatic heterocycles. The number of amides is 2. The quantitative estimate of drug-likeness (QED) is 0.727. The van der Waals surface area contributed by atoms with Crippen molar-refractivity contribution in [3.63, 3.8) is 0 Å². The number of esters is 1. The molecule has 0 aromatic carbocycles. The highest BCUT2D eigenvalue weighted by Crippen LogP contribution is 2.30. The van der Waals surface area contributed by atoms with Crippen LogP contribution in [0, 0.1) is 5.92 Å². The van der Waals surface area contributed by atoms with E-state index >= 15 is 0 Å². The molecule has 2 aliphatic rings. The molecule has 5 nitrogen and oxygen atoms in total. The first-order chi connectivity index (χ1) is 12.0. The number of hydrogen-bond donors (Lipinski definition) is 1. The third kappa shape index (κ3) is 5.89. The van der Waals surface area contributed by atoms with E-state index in [1.165, 1.54) is 45.6 Å². The van der Waals surface area contributed by atoms with E-state index in [0.717, 1.165) is 25.7 Å². The van der Waals surface area contributed by atoms with E-state index in [2.05, 4.69) is 24.1 Å². The predicted molar refractivity (Wildman–Crippen MR) is 99.4 cm³/mol. The lowest BCUT2D eigenvalue weighted by molar-refractivity contribution is -0.143. The minimum Gasteiger partial charge on any atom is -0.467 e. The Hall–Kier alpha value is -1.26. The van der Waals surface area contributed by atoms with E-state index < -0.39 is 6.04 Å². The summed E-state index contributed by atoms with van der Waals surface area (Å²) >= 11 is 0. The highest BCUT2D eigenvalue weighted by molar-refractivity contribution is 5.83. The van der Waals surface area contributed by atoms with Crippen LogP contribution in [0.2, 0.25) is 0 Å². The summed E-state index contributed by atoms with van der Waals surface area (Å²) in [7, 11) is 1.39. The molecule has 1 atom stereocenters. The summed E-state index contributed by atoms with van der Waals surface area (Å²) in [6.07, 6.45) is 12.3.